The number of nitrogens with one attached hydrogen (secondary N) is 1. The van der Waals surface area contributed by atoms with Crippen molar-refractivity contribution >= 4 is 5.95 Å². The van der Waals surface area contributed by atoms with Gasteiger partial charge in [0, 0.05) is 12.4 Å². The molecular formula is C9H11N7O2. The summed E-state index contributed by atoms with van der Waals surface area (Å²) in [6, 6.07) is 1.95. The molecule has 18 heavy (non-hydrogen) atoms. The van der Waals surface area contributed by atoms with Gasteiger partial charge in [-0.25, -0.2) is 10.5 Å². The predicted molar refractivity (Wildman–Crippen MR) is 60.0 cm³/mol. The minimum absolute atomic E-state index is 0.0245. The summed E-state index contributed by atoms with van der Waals surface area (Å²) in [7, 11) is 0. The van der Waals surface area contributed by atoms with E-state index in [9.17, 15) is 0 Å². The number of hydrogen-bond acceptors (Lipinski definition) is 8. The van der Waals surface area contributed by atoms with Gasteiger partial charge in [-0.15, -0.1) is 0 Å². The summed E-state index contributed by atoms with van der Waals surface area (Å²) < 4.78 is 12.0. The average molecular weight is 249 g/mol. The Balaban J connectivity index is 1.90. The smallest absolute Gasteiger partial charge is 0.323 e. The topological polar surface area (TPSA) is 113 Å². The second-order valence-electron chi connectivity index (χ2n) is 3.61. The highest BCUT2D eigenvalue weighted by atomic mass is 16.6. The van der Waals surface area contributed by atoms with Gasteiger partial charge in [0.25, 0.3) is 5.95 Å². The van der Waals surface area contributed by atoms with Gasteiger partial charge in [0.1, 0.15) is 6.10 Å². The molecule has 1 fully saturated rings. The molecule has 0 spiro atoms. The van der Waals surface area contributed by atoms with Crippen LogP contribution in [0.15, 0.2) is 18.5 Å². The number of nitrogens with two attached hydrogens (primary N) is 1. The van der Waals surface area contributed by atoms with Crippen LogP contribution in [0.5, 0.6) is 6.01 Å². The van der Waals surface area contributed by atoms with Crippen LogP contribution < -0.4 is 16.0 Å². The molecule has 3 rings (SSSR count). The van der Waals surface area contributed by atoms with E-state index in [1.54, 1.807) is 18.5 Å². The van der Waals surface area contributed by atoms with Crippen molar-refractivity contribution in [3.8, 4) is 12.0 Å². The van der Waals surface area contributed by atoms with E-state index in [1.165, 1.54) is 4.68 Å². The summed E-state index contributed by atoms with van der Waals surface area (Å²) >= 11 is 0. The van der Waals surface area contributed by atoms with Crippen molar-refractivity contribution in [1.29, 1.82) is 0 Å². The van der Waals surface area contributed by atoms with E-state index in [1.807, 2.05) is 0 Å². The van der Waals surface area contributed by atoms with Crippen LogP contribution in [0.1, 0.15) is 0 Å². The summed E-state index contributed by atoms with van der Waals surface area (Å²) in [5.41, 5.74) is 2.36. The number of nitrogens with zero attached hydrogens (tertiary/aromatic N) is 5. The summed E-state index contributed by atoms with van der Waals surface area (Å²) in [6.45, 7) is 1.07. The number of aromatic nitrogens is 5. The molecule has 0 radical (unpaired) electrons. The van der Waals surface area contributed by atoms with Gasteiger partial charge in [0.15, 0.2) is 0 Å². The fraction of sp³-hybridized carbons (Fsp3) is 0.333. The Bertz CT molecular complexity index is 526. The van der Waals surface area contributed by atoms with Crippen LogP contribution in [-0.4, -0.2) is 44.1 Å². The van der Waals surface area contributed by atoms with E-state index in [-0.39, 0.29) is 18.1 Å². The first kappa shape index (κ1) is 10.9. The number of hydrogen-bond donors (Lipinski definition) is 2. The monoisotopic (exact) mass is 249 g/mol. The van der Waals surface area contributed by atoms with Crippen LogP contribution in [0, 0.1) is 0 Å². The lowest BCUT2D eigenvalue weighted by atomic mass is 10.3. The molecule has 2 aromatic heterocycles. The molecule has 0 unspecified atom stereocenters. The molecule has 0 aromatic carbocycles. The first-order chi connectivity index (χ1) is 8.85. The van der Waals surface area contributed by atoms with Gasteiger partial charge in [-0.1, -0.05) is 0 Å². The van der Waals surface area contributed by atoms with Crippen LogP contribution in [0.3, 0.4) is 0 Å². The lowest BCUT2D eigenvalue weighted by Crippen LogP contribution is -2.39. The first-order valence-corrected chi connectivity index (χ1v) is 5.32. The molecule has 0 bridgehead atoms. The summed E-state index contributed by atoms with van der Waals surface area (Å²) in [5.74, 6) is 5.85. The van der Waals surface area contributed by atoms with Gasteiger partial charge in [0.05, 0.1) is 13.2 Å². The van der Waals surface area contributed by atoms with Crippen molar-refractivity contribution in [2.75, 3.05) is 18.6 Å². The van der Waals surface area contributed by atoms with Crippen LogP contribution >= 0.6 is 0 Å². The van der Waals surface area contributed by atoms with Gasteiger partial charge in [0.2, 0.25) is 5.95 Å². The van der Waals surface area contributed by atoms with Crippen molar-refractivity contribution in [3.05, 3.63) is 18.5 Å². The molecule has 3 N–H and O–H groups in total. The van der Waals surface area contributed by atoms with Crippen molar-refractivity contribution in [3.63, 3.8) is 0 Å². The van der Waals surface area contributed by atoms with Crippen LogP contribution in [0.25, 0.3) is 5.95 Å². The molecule has 3 heterocycles. The minimum Gasteiger partial charge on any atom is -0.455 e. The third kappa shape index (κ3) is 2.08. The zero-order valence-corrected chi connectivity index (χ0v) is 9.35. The third-order valence-electron chi connectivity index (χ3n) is 2.32. The minimum atomic E-state index is -0.0245. The zero-order valence-electron chi connectivity index (χ0n) is 9.35. The largest absolute Gasteiger partial charge is 0.455 e. The van der Waals surface area contributed by atoms with Gasteiger partial charge in [-0.05, 0) is 6.07 Å². The van der Waals surface area contributed by atoms with E-state index in [2.05, 4.69) is 25.5 Å². The van der Waals surface area contributed by atoms with E-state index in [0.29, 0.717) is 19.2 Å². The van der Waals surface area contributed by atoms with Crippen molar-refractivity contribution < 1.29 is 9.47 Å². The Morgan fingerprint density at radius 3 is 2.89 bits per heavy atom. The maximum absolute atomic E-state index is 5.51. The molecule has 9 nitrogen and oxygen atoms in total. The van der Waals surface area contributed by atoms with Gasteiger partial charge < -0.3 is 9.47 Å². The Hall–Kier alpha value is -2.26. The lowest BCUT2D eigenvalue weighted by Gasteiger charge is -2.25. The lowest BCUT2D eigenvalue weighted by molar-refractivity contribution is -0.0831. The second-order valence-corrected chi connectivity index (χ2v) is 3.61. The van der Waals surface area contributed by atoms with E-state index in [4.69, 9.17) is 15.3 Å². The Morgan fingerprint density at radius 2 is 2.28 bits per heavy atom. The van der Waals surface area contributed by atoms with E-state index in [0.717, 1.165) is 0 Å². The van der Waals surface area contributed by atoms with E-state index >= 15 is 0 Å². The summed E-state index contributed by atoms with van der Waals surface area (Å²) in [4.78, 5) is 12.2. The third-order valence-corrected chi connectivity index (χ3v) is 2.32. The molecule has 2 aromatic rings. The number of hydrazine groups is 1. The van der Waals surface area contributed by atoms with Crippen LogP contribution in [-0.2, 0) is 4.74 Å². The standard InChI is InChI=1S/C9H11N7O2/c10-15-7-12-8(16-3-1-2-11-16)14-9(13-7)18-6-4-17-5-6/h1-3,6H,4-5,10H2,(H,12,13,14,15). The molecule has 1 saturated heterocycles. The van der Waals surface area contributed by atoms with Crippen LogP contribution in [0.2, 0.25) is 0 Å². The van der Waals surface area contributed by atoms with Crippen LogP contribution in [0.4, 0.5) is 5.95 Å². The number of ether oxygens (including phenoxy) is 2. The van der Waals surface area contributed by atoms with Gasteiger partial charge >= 0.3 is 6.01 Å². The maximum Gasteiger partial charge on any atom is 0.323 e. The fourth-order valence-corrected chi connectivity index (χ4v) is 1.38. The number of anilines is 1. The molecular weight excluding hydrogens is 238 g/mol. The van der Waals surface area contributed by atoms with Gasteiger partial charge in [-0.3, -0.25) is 5.43 Å². The highest BCUT2D eigenvalue weighted by Gasteiger charge is 2.22. The average Bonchev–Trinajstić information content (AvgIpc) is 2.87. The number of rotatable bonds is 4. The zero-order chi connectivity index (χ0) is 12.4. The summed E-state index contributed by atoms with van der Waals surface area (Å²) in [6.07, 6.45) is 3.31. The SMILES string of the molecule is NNc1nc(OC2COC2)nc(-n2cccn2)n1. The molecule has 9 heteroatoms. The van der Waals surface area contributed by atoms with Crippen molar-refractivity contribution in [1.82, 2.24) is 24.7 Å². The predicted octanol–water partition coefficient (Wildman–Crippen LogP) is -0.879. The molecule has 0 amide bonds. The number of nitrogen functional groups attached to an aromatic ring is 1. The quantitative estimate of drug-likeness (QED) is 0.530. The van der Waals surface area contributed by atoms with Crippen molar-refractivity contribution in [2.45, 2.75) is 6.10 Å². The molecule has 1 aliphatic rings. The Morgan fingerprint density at radius 1 is 1.39 bits per heavy atom. The van der Waals surface area contributed by atoms with E-state index < -0.39 is 0 Å². The molecule has 94 valence electrons. The highest BCUT2D eigenvalue weighted by molar-refractivity contribution is 5.28. The summed E-state index contributed by atoms with van der Waals surface area (Å²) in [5, 5.41) is 4.03. The van der Waals surface area contributed by atoms with Gasteiger partial charge in [-0.2, -0.15) is 20.1 Å². The molecule has 0 aliphatic carbocycles. The molecule has 0 saturated carbocycles. The molecule has 0 atom stereocenters. The molecule has 1 aliphatic heterocycles. The first-order valence-electron chi connectivity index (χ1n) is 5.32. The highest BCUT2D eigenvalue weighted by Crippen LogP contribution is 2.14. The Kier molecular flexibility index (Phi) is 2.74. The second kappa shape index (κ2) is 4.55. The maximum atomic E-state index is 5.51. The Labute approximate surface area is 102 Å². The fourth-order valence-electron chi connectivity index (χ4n) is 1.38. The van der Waals surface area contributed by atoms with Crippen molar-refractivity contribution in [2.24, 2.45) is 5.84 Å². The normalized spacial score (nSPS) is 15.2.